The molecule has 5 heteroatoms. The number of carbonyl (C=O) groups is 1. The zero-order valence-electron chi connectivity index (χ0n) is 13.4. The number of halogens is 2. The Labute approximate surface area is 136 Å². The largest absolute Gasteiger partial charge is 0.444 e. The molecule has 0 saturated carbocycles. The molecule has 0 spiro atoms. The summed E-state index contributed by atoms with van der Waals surface area (Å²) < 4.78 is 19.2. The van der Waals surface area contributed by atoms with E-state index >= 15 is 0 Å². The number of ether oxygens (including phenoxy) is 1. The van der Waals surface area contributed by atoms with Crippen molar-refractivity contribution in [2.75, 3.05) is 13.1 Å². The van der Waals surface area contributed by atoms with E-state index in [4.69, 9.17) is 16.3 Å². The predicted octanol–water partition coefficient (Wildman–Crippen LogP) is 4.67. The van der Waals surface area contributed by atoms with Crippen LogP contribution in [0.3, 0.4) is 0 Å². The molecular weight excluding hydrogens is 305 g/mol. The van der Waals surface area contributed by atoms with E-state index in [1.807, 2.05) is 20.8 Å². The van der Waals surface area contributed by atoms with Crippen molar-refractivity contribution in [3.8, 4) is 0 Å². The number of likely N-dealkylation sites (tertiary alicyclic amines) is 1. The van der Waals surface area contributed by atoms with Crippen molar-refractivity contribution in [2.24, 2.45) is 5.92 Å². The molecule has 1 saturated heterocycles. The first kappa shape index (κ1) is 17.1. The fourth-order valence-electron chi connectivity index (χ4n) is 2.64. The smallest absolute Gasteiger partial charge is 0.410 e. The van der Waals surface area contributed by atoms with Gasteiger partial charge in [0, 0.05) is 18.1 Å². The molecule has 0 unspecified atom stereocenters. The highest BCUT2D eigenvalue weighted by Gasteiger charge is 2.27. The molecule has 1 heterocycles. The molecule has 122 valence electrons. The Hall–Kier alpha value is -1.29. The van der Waals surface area contributed by atoms with Crippen LogP contribution in [0.25, 0.3) is 0 Å². The van der Waals surface area contributed by atoms with Crippen LogP contribution in [0.2, 0.25) is 5.02 Å². The summed E-state index contributed by atoms with van der Waals surface area (Å²) in [5.74, 6) is 0.136. The number of hydrogen-bond donors (Lipinski definition) is 0. The minimum absolute atomic E-state index is 0.248. The second-order valence-electron chi connectivity index (χ2n) is 6.85. The maximum absolute atomic E-state index is 13.8. The van der Waals surface area contributed by atoms with Gasteiger partial charge >= 0.3 is 6.09 Å². The molecule has 1 aliphatic heterocycles. The number of carbonyl (C=O) groups excluding carboxylic acids is 1. The van der Waals surface area contributed by atoms with Crippen LogP contribution < -0.4 is 0 Å². The molecule has 0 aliphatic carbocycles. The topological polar surface area (TPSA) is 29.5 Å². The zero-order chi connectivity index (χ0) is 16.3. The van der Waals surface area contributed by atoms with Crippen molar-refractivity contribution in [1.82, 2.24) is 4.90 Å². The van der Waals surface area contributed by atoms with Crippen LogP contribution in [0, 0.1) is 11.7 Å². The van der Waals surface area contributed by atoms with Gasteiger partial charge in [0.15, 0.2) is 0 Å². The van der Waals surface area contributed by atoms with E-state index < -0.39 is 5.60 Å². The molecule has 22 heavy (non-hydrogen) atoms. The Morgan fingerprint density at radius 3 is 2.55 bits per heavy atom. The highest BCUT2D eigenvalue weighted by molar-refractivity contribution is 6.30. The third-order valence-corrected chi connectivity index (χ3v) is 4.03. The standard InChI is InChI=1S/C17H23ClFNO2/c1-17(2,3)22-16(21)20-8-6-12(7-9-20)10-13-4-5-14(18)11-15(13)19/h4-5,11-12H,6-10H2,1-3H3. The van der Waals surface area contributed by atoms with E-state index in [9.17, 15) is 9.18 Å². The van der Waals surface area contributed by atoms with Gasteiger partial charge in [-0.1, -0.05) is 17.7 Å². The molecule has 0 atom stereocenters. The summed E-state index contributed by atoms with van der Waals surface area (Å²) in [5, 5.41) is 0.418. The van der Waals surface area contributed by atoms with Crippen molar-refractivity contribution in [3.63, 3.8) is 0 Å². The number of benzene rings is 1. The van der Waals surface area contributed by atoms with Crippen LogP contribution >= 0.6 is 11.6 Å². The van der Waals surface area contributed by atoms with Crippen molar-refractivity contribution in [2.45, 2.75) is 45.6 Å². The SMILES string of the molecule is CC(C)(C)OC(=O)N1CCC(Cc2ccc(Cl)cc2F)CC1. The molecule has 1 amide bonds. The van der Waals surface area contributed by atoms with E-state index in [1.165, 1.54) is 6.07 Å². The van der Waals surface area contributed by atoms with E-state index in [0.29, 0.717) is 36.0 Å². The van der Waals surface area contributed by atoms with Gasteiger partial charge in [-0.3, -0.25) is 0 Å². The van der Waals surface area contributed by atoms with Crippen molar-refractivity contribution >= 4 is 17.7 Å². The molecule has 1 fully saturated rings. The van der Waals surface area contributed by atoms with Crippen molar-refractivity contribution in [1.29, 1.82) is 0 Å². The van der Waals surface area contributed by atoms with E-state index in [0.717, 1.165) is 12.8 Å². The highest BCUT2D eigenvalue weighted by atomic mass is 35.5. The van der Waals surface area contributed by atoms with Gasteiger partial charge in [0.2, 0.25) is 0 Å². The van der Waals surface area contributed by atoms with Crippen LogP contribution in [0.5, 0.6) is 0 Å². The Bertz CT molecular complexity index is 534. The van der Waals surface area contributed by atoms with Crippen molar-refractivity contribution in [3.05, 3.63) is 34.6 Å². The summed E-state index contributed by atoms with van der Waals surface area (Å²) in [5.41, 5.74) is 0.223. The van der Waals surface area contributed by atoms with Crippen LogP contribution in [0.15, 0.2) is 18.2 Å². The number of piperidine rings is 1. The zero-order valence-corrected chi connectivity index (χ0v) is 14.1. The molecular formula is C17H23ClFNO2. The fraction of sp³-hybridized carbons (Fsp3) is 0.588. The van der Waals surface area contributed by atoms with Crippen LogP contribution in [-0.4, -0.2) is 29.7 Å². The van der Waals surface area contributed by atoms with Gasteiger partial charge in [0.05, 0.1) is 0 Å². The Morgan fingerprint density at radius 1 is 1.36 bits per heavy atom. The summed E-state index contributed by atoms with van der Waals surface area (Å²) in [6.07, 6.45) is 2.15. The monoisotopic (exact) mass is 327 g/mol. The maximum atomic E-state index is 13.8. The molecule has 0 bridgehead atoms. The lowest BCUT2D eigenvalue weighted by molar-refractivity contribution is 0.0184. The van der Waals surface area contributed by atoms with Crippen LogP contribution in [-0.2, 0) is 11.2 Å². The first-order chi connectivity index (χ1) is 10.2. The predicted molar refractivity (Wildman–Crippen MR) is 85.6 cm³/mol. The lowest BCUT2D eigenvalue weighted by Gasteiger charge is -2.33. The highest BCUT2D eigenvalue weighted by Crippen LogP contribution is 2.25. The summed E-state index contributed by atoms with van der Waals surface area (Å²) in [6.45, 7) is 6.91. The molecule has 0 N–H and O–H groups in total. The average Bonchev–Trinajstić information content (AvgIpc) is 2.41. The third-order valence-electron chi connectivity index (χ3n) is 3.79. The first-order valence-electron chi connectivity index (χ1n) is 7.66. The van der Waals surface area contributed by atoms with Gasteiger partial charge in [-0.2, -0.15) is 0 Å². The van der Waals surface area contributed by atoms with Gasteiger partial charge in [-0.05, 0) is 63.6 Å². The van der Waals surface area contributed by atoms with E-state index in [-0.39, 0.29) is 11.9 Å². The molecule has 3 nitrogen and oxygen atoms in total. The third kappa shape index (κ3) is 4.87. The molecule has 0 radical (unpaired) electrons. The van der Waals surface area contributed by atoms with E-state index in [1.54, 1.807) is 17.0 Å². The minimum Gasteiger partial charge on any atom is -0.444 e. The Balaban J connectivity index is 1.86. The van der Waals surface area contributed by atoms with Gasteiger partial charge in [-0.15, -0.1) is 0 Å². The second-order valence-corrected chi connectivity index (χ2v) is 7.29. The normalized spacial score (nSPS) is 16.7. The maximum Gasteiger partial charge on any atom is 0.410 e. The lowest BCUT2D eigenvalue weighted by atomic mass is 9.90. The summed E-state index contributed by atoms with van der Waals surface area (Å²) in [7, 11) is 0. The van der Waals surface area contributed by atoms with Gasteiger partial charge < -0.3 is 9.64 Å². The molecule has 0 aromatic heterocycles. The fourth-order valence-corrected chi connectivity index (χ4v) is 2.80. The summed E-state index contributed by atoms with van der Waals surface area (Å²) in [6, 6.07) is 4.82. The van der Waals surface area contributed by atoms with Gasteiger partial charge in [-0.25, -0.2) is 9.18 Å². The average molecular weight is 328 g/mol. The molecule has 1 aliphatic rings. The van der Waals surface area contributed by atoms with Gasteiger partial charge in [0.25, 0.3) is 0 Å². The molecule has 2 rings (SSSR count). The Morgan fingerprint density at radius 2 is 2.00 bits per heavy atom. The Kier molecular flexibility index (Phi) is 5.32. The molecule has 1 aromatic carbocycles. The van der Waals surface area contributed by atoms with Crippen LogP contribution in [0.4, 0.5) is 9.18 Å². The number of amides is 1. The van der Waals surface area contributed by atoms with Crippen LogP contribution in [0.1, 0.15) is 39.2 Å². The quantitative estimate of drug-likeness (QED) is 0.790. The minimum atomic E-state index is -0.472. The summed E-state index contributed by atoms with van der Waals surface area (Å²) >= 11 is 5.77. The first-order valence-corrected chi connectivity index (χ1v) is 8.04. The second kappa shape index (κ2) is 6.86. The molecule has 1 aromatic rings. The summed E-state index contributed by atoms with van der Waals surface area (Å²) in [4.78, 5) is 13.7. The lowest BCUT2D eigenvalue weighted by Crippen LogP contribution is -2.42. The number of rotatable bonds is 2. The van der Waals surface area contributed by atoms with E-state index in [2.05, 4.69) is 0 Å². The number of hydrogen-bond acceptors (Lipinski definition) is 2. The van der Waals surface area contributed by atoms with Gasteiger partial charge in [0.1, 0.15) is 11.4 Å². The number of nitrogens with zero attached hydrogens (tertiary/aromatic N) is 1. The van der Waals surface area contributed by atoms with Crippen molar-refractivity contribution < 1.29 is 13.9 Å².